The predicted molar refractivity (Wildman–Crippen MR) is 42.2 cm³/mol. The summed E-state index contributed by atoms with van der Waals surface area (Å²) in [5.41, 5.74) is 0.453. The number of carbonyl (C=O) groups is 2. The van der Waals surface area contributed by atoms with Crippen molar-refractivity contribution in [2.24, 2.45) is 5.41 Å². The van der Waals surface area contributed by atoms with E-state index in [4.69, 9.17) is 0 Å². The van der Waals surface area contributed by atoms with Crippen molar-refractivity contribution < 1.29 is 9.59 Å². The van der Waals surface area contributed by atoms with Crippen molar-refractivity contribution in [3.05, 3.63) is 11.1 Å². The van der Waals surface area contributed by atoms with Crippen LogP contribution in [-0.4, -0.2) is 11.6 Å². The summed E-state index contributed by atoms with van der Waals surface area (Å²) in [5.74, 6) is -0.0556. The number of carbonyl (C=O) groups excluding carboxylic acids is 2. The van der Waals surface area contributed by atoms with Crippen LogP contribution in [0.25, 0.3) is 0 Å². The van der Waals surface area contributed by atoms with Crippen LogP contribution in [-0.2, 0) is 9.59 Å². The fourth-order valence-electron chi connectivity index (χ4n) is 1.38. The lowest BCUT2D eigenvalue weighted by Crippen LogP contribution is -2.27. The molecule has 0 unspecified atom stereocenters. The first-order valence-corrected chi connectivity index (χ1v) is 3.66. The molecule has 2 heteroatoms. The molecule has 0 saturated carbocycles. The third-order valence-corrected chi connectivity index (χ3v) is 2.38. The second kappa shape index (κ2) is 2.03. The zero-order valence-electron chi connectivity index (χ0n) is 7.32. The predicted octanol–water partition coefficient (Wildman–Crippen LogP) is 1.50. The van der Waals surface area contributed by atoms with E-state index < -0.39 is 5.41 Å². The Morgan fingerprint density at radius 2 is 1.18 bits per heavy atom. The van der Waals surface area contributed by atoms with Gasteiger partial charge in [0.1, 0.15) is 0 Å². The lowest BCUT2D eigenvalue weighted by molar-refractivity contribution is -0.131. The molecule has 0 saturated heterocycles. The third kappa shape index (κ3) is 0.854. The van der Waals surface area contributed by atoms with E-state index in [0.717, 1.165) is 0 Å². The number of Topliss-reactive ketones (excluding diaryl/α,β-unsaturated/α-hetero) is 2. The summed E-state index contributed by atoms with van der Waals surface area (Å²) in [4.78, 5) is 22.7. The molecule has 0 aliphatic heterocycles. The summed E-state index contributed by atoms with van der Waals surface area (Å²) < 4.78 is 0. The van der Waals surface area contributed by atoms with Crippen LogP contribution in [0.3, 0.4) is 0 Å². The van der Waals surface area contributed by atoms with Crippen LogP contribution < -0.4 is 0 Å². The SMILES string of the molecule is CC1=C(C)C(=O)C(C)(C)C1=O. The number of hydrogen-bond donors (Lipinski definition) is 0. The standard InChI is InChI=1S/C9H12O2/c1-5-6(2)8(11)9(3,4)7(5)10/h1-4H3. The summed E-state index contributed by atoms with van der Waals surface area (Å²) in [7, 11) is 0. The lowest BCUT2D eigenvalue weighted by Gasteiger charge is -2.12. The summed E-state index contributed by atoms with van der Waals surface area (Å²) in [6.07, 6.45) is 0. The summed E-state index contributed by atoms with van der Waals surface area (Å²) >= 11 is 0. The van der Waals surface area contributed by atoms with Crippen molar-refractivity contribution >= 4 is 11.6 Å². The average molecular weight is 152 g/mol. The van der Waals surface area contributed by atoms with Gasteiger partial charge in [0.15, 0.2) is 11.6 Å². The van der Waals surface area contributed by atoms with Crippen molar-refractivity contribution in [2.75, 3.05) is 0 Å². The molecule has 0 aromatic heterocycles. The topological polar surface area (TPSA) is 34.1 Å². The van der Waals surface area contributed by atoms with Crippen molar-refractivity contribution in [1.82, 2.24) is 0 Å². The molecule has 0 amide bonds. The zero-order chi connectivity index (χ0) is 8.81. The van der Waals surface area contributed by atoms with Crippen LogP contribution in [0.15, 0.2) is 11.1 Å². The van der Waals surface area contributed by atoms with E-state index in [9.17, 15) is 9.59 Å². The van der Waals surface area contributed by atoms with E-state index >= 15 is 0 Å². The molecule has 1 aliphatic rings. The second-order valence-corrected chi connectivity index (χ2v) is 3.53. The van der Waals surface area contributed by atoms with E-state index in [0.29, 0.717) is 11.1 Å². The van der Waals surface area contributed by atoms with Gasteiger partial charge < -0.3 is 0 Å². The molecule has 0 atom stereocenters. The summed E-state index contributed by atoms with van der Waals surface area (Å²) in [6.45, 7) is 6.78. The lowest BCUT2D eigenvalue weighted by atomic mass is 9.87. The van der Waals surface area contributed by atoms with Gasteiger partial charge in [-0.3, -0.25) is 9.59 Å². The minimum absolute atomic E-state index is 0.0278. The normalized spacial score (nSPS) is 23.3. The van der Waals surface area contributed by atoms with Gasteiger partial charge in [-0.05, 0) is 38.8 Å². The first-order chi connectivity index (χ1) is 4.89. The Labute approximate surface area is 66.3 Å². The van der Waals surface area contributed by atoms with Gasteiger partial charge in [-0.25, -0.2) is 0 Å². The fourth-order valence-corrected chi connectivity index (χ4v) is 1.38. The van der Waals surface area contributed by atoms with Crippen LogP contribution in [0.1, 0.15) is 27.7 Å². The van der Waals surface area contributed by atoms with Crippen LogP contribution in [0.4, 0.5) is 0 Å². The highest BCUT2D eigenvalue weighted by molar-refractivity contribution is 6.26. The molecule has 0 fully saturated rings. The van der Waals surface area contributed by atoms with E-state index in [-0.39, 0.29) is 11.6 Å². The number of hydrogen-bond acceptors (Lipinski definition) is 2. The van der Waals surface area contributed by atoms with Gasteiger partial charge in [0.2, 0.25) is 0 Å². The van der Waals surface area contributed by atoms with Crippen LogP contribution in [0.2, 0.25) is 0 Å². The minimum atomic E-state index is -0.797. The maximum atomic E-state index is 11.4. The third-order valence-electron chi connectivity index (χ3n) is 2.38. The molecule has 1 rings (SSSR count). The van der Waals surface area contributed by atoms with Crippen LogP contribution >= 0.6 is 0 Å². The van der Waals surface area contributed by atoms with E-state index in [1.165, 1.54) is 0 Å². The molecule has 0 bridgehead atoms. The minimum Gasteiger partial charge on any atom is -0.293 e. The fraction of sp³-hybridized carbons (Fsp3) is 0.556. The van der Waals surface area contributed by atoms with Gasteiger partial charge in [0.25, 0.3) is 0 Å². The zero-order valence-corrected chi connectivity index (χ0v) is 7.32. The molecule has 0 spiro atoms. The smallest absolute Gasteiger partial charge is 0.172 e. The molecule has 60 valence electrons. The molecule has 1 aliphatic carbocycles. The Morgan fingerprint density at radius 3 is 1.27 bits per heavy atom. The first kappa shape index (κ1) is 8.18. The highest BCUT2D eigenvalue weighted by Crippen LogP contribution is 2.33. The number of rotatable bonds is 0. The summed E-state index contributed by atoms with van der Waals surface area (Å²) in [6, 6.07) is 0. The van der Waals surface area contributed by atoms with Gasteiger partial charge in [0, 0.05) is 0 Å². The van der Waals surface area contributed by atoms with E-state index in [2.05, 4.69) is 0 Å². The molecular weight excluding hydrogens is 140 g/mol. The molecule has 0 radical (unpaired) electrons. The molecule has 11 heavy (non-hydrogen) atoms. The molecule has 0 aromatic carbocycles. The van der Waals surface area contributed by atoms with E-state index in [1.54, 1.807) is 27.7 Å². The maximum Gasteiger partial charge on any atom is 0.172 e. The monoisotopic (exact) mass is 152 g/mol. The van der Waals surface area contributed by atoms with Gasteiger partial charge in [-0.15, -0.1) is 0 Å². The molecular formula is C9H12O2. The Bertz CT molecular complexity index is 243. The second-order valence-electron chi connectivity index (χ2n) is 3.53. The highest BCUT2D eigenvalue weighted by atomic mass is 16.2. The number of ketones is 2. The molecule has 2 nitrogen and oxygen atoms in total. The Kier molecular flexibility index (Phi) is 1.51. The quantitative estimate of drug-likeness (QED) is 0.493. The van der Waals surface area contributed by atoms with Crippen molar-refractivity contribution in [2.45, 2.75) is 27.7 Å². The largest absolute Gasteiger partial charge is 0.293 e. The van der Waals surface area contributed by atoms with Crippen molar-refractivity contribution in [3.63, 3.8) is 0 Å². The summed E-state index contributed by atoms with van der Waals surface area (Å²) in [5, 5.41) is 0. The highest BCUT2D eigenvalue weighted by Gasteiger charge is 2.43. The maximum absolute atomic E-state index is 11.4. The van der Waals surface area contributed by atoms with Crippen molar-refractivity contribution in [1.29, 1.82) is 0 Å². The Balaban J connectivity index is 3.24. The van der Waals surface area contributed by atoms with Gasteiger partial charge in [0.05, 0.1) is 5.41 Å². The van der Waals surface area contributed by atoms with E-state index in [1.807, 2.05) is 0 Å². The number of allylic oxidation sites excluding steroid dienone is 2. The average Bonchev–Trinajstić information content (AvgIpc) is 2.06. The van der Waals surface area contributed by atoms with Crippen LogP contribution in [0.5, 0.6) is 0 Å². The van der Waals surface area contributed by atoms with Crippen molar-refractivity contribution in [3.8, 4) is 0 Å². The van der Waals surface area contributed by atoms with Crippen LogP contribution in [0, 0.1) is 5.41 Å². The Hall–Kier alpha value is -0.920. The Morgan fingerprint density at radius 1 is 0.909 bits per heavy atom. The van der Waals surface area contributed by atoms with Gasteiger partial charge in [-0.1, -0.05) is 0 Å². The van der Waals surface area contributed by atoms with Gasteiger partial charge in [-0.2, -0.15) is 0 Å². The van der Waals surface area contributed by atoms with Gasteiger partial charge >= 0.3 is 0 Å². The molecule has 0 heterocycles. The molecule has 0 aromatic rings. The molecule has 0 N–H and O–H groups in total. The first-order valence-electron chi connectivity index (χ1n) is 3.66.